The van der Waals surface area contributed by atoms with E-state index in [9.17, 15) is 0 Å². The molecule has 2 rings (SSSR count). The molecule has 82 valence electrons. The van der Waals surface area contributed by atoms with Crippen LogP contribution in [0.1, 0.15) is 19.4 Å². The van der Waals surface area contributed by atoms with Crippen LogP contribution < -0.4 is 0 Å². The summed E-state index contributed by atoms with van der Waals surface area (Å²) in [7, 11) is 0. The molecule has 0 heteroatoms. The van der Waals surface area contributed by atoms with Gasteiger partial charge in [-0.2, -0.15) is 0 Å². The maximum Gasteiger partial charge on any atom is -0.00913 e. The first-order chi connectivity index (χ1) is 7.68. The standard InChI is InChI=1S/C9H10.C7H8/c1-8-4-3-5-9(2)7-6-8;1-7-5-3-2-4-6-7/h3-4,6-7H,1-2H3;2-6H,1H3. The fraction of sp³-hybridized carbons (Fsp3) is 0.188. The van der Waals surface area contributed by atoms with Crippen molar-refractivity contribution in [2.45, 2.75) is 20.8 Å². The Bertz CT molecular complexity index is 438. The second-order valence-electron chi connectivity index (χ2n) is 3.89. The number of allylic oxidation sites excluding steroid dienone is 5. The first-order valence-electron chi connectivity index (χ1n) is 5.48. The maximum absolute atomic E-state index is 3.10. The van der Waals surface area contributed by atoms with Gasteiger partial charge in [-0.3, -0.25) is 0 Å². The van der Waals surface area contributed by atoms with Crippen molar-refractivity contribution in [1.29, 1.82) is 0 Å². The molecule has 1 aromatic rings. The van der Waals surface area contributed by atoms with E-state index in [-0.39, 0.29) is 0 Å². The molecule has 0 spiro atoms. The SMILES string of the molecule is CC1=C=CC=C(C)C=C1.Cc1ccccc1. The third kappa shape index (κ3) is 5.19. The molecule has 0 bridgehead atoms. The molecule has 0 nitrogen and oxygen atoms in total. The Labute approximate surface area is 98.3 Å². The molecule has 0 fully saturated rings. The van der Waals surface area contributed by atoms with Crippen LogP contribution in [0.3, 0.4) is 0 Å². The van der Waals surface area contributed by atoms with Crippen LogP contribution in [-0.4, -0.2) is 0 Å². The Hall–Kier alpha value is -1.78. The predicted octanol–water partition coefficient (Wildman–Crippen LogP) is 4.60. The molecule has 0 saturated carbocycles. The number of rotatable bonds is 0. The molecule has 0 aromatic heterocycles. The maximum atomic E-state index is 3.10. The molecule has 0 N–H and O–H groups in total. The van der Waals surface area contributed by atoms with Crippen LogP contribution >= 0.6 is 0 Å². The van der Waals surface area contributed by atoms with Crippen molar-refractivity contribution in [3.63, 3.8) is 0 Å². The van der Waals surface area contributed by atoms with Gasteiger partial charge in [0.15, 0.2) is 0 Å². The molecule has 0 aliphatic heterocycles. The fourth-order valence-corrected chi connectivity index (χ4v) is 1.20. The zero-order valence-corrected chi connectivity index (χ0v) is 10.2. The quantitative estimate of drug-likeness (QED) is 0.549. The van der Waals surface area contributed by atoms with E-state index in [2.05, 4.69) is 43.9 Å². The molecule has 1 aliphatic carbocycles. The van der Waals surface area contributed by atoms with Gasteiger partial charge < -0.3 is 0 Å². The number of aryl methyl sites for hydroxylation is 1. The Morgan fingerprint density at radius 1 is 0.875 bits per heavy atom. The molecule has 0 atom stereocenters. The fourth-order valence-electron chi connectivity index (χ4n) is 1.20. The van der Waals surface area contributed by atoms with E-state index in [4.69, 9.17) is 0 Å². The molecule has 0 unspecified atom stereocenters. The first kappa shape index (κ1) is 12.3. The molecule has 0 saturated heterocycles. The van der Waals surface area contributed by atoms with Crippen LogP contribution in [-0.2, 0) is 0 Å². The van der Waals surface area contributed by atoms with Crippen molar-refractivity contribution in [3.8, 4) is 0 Å². The van der Waals surface area contributed by atoms with Crippen LogP contribution in [0.25, 0.3) is 0 Å². The van der Waals surface area contributed by atoms with Crippen LogP contribution in [0.5, 0.6) is 0 Å². The predicted molar refractivity (Wildman–Crippen MR) is 71.3 cm³/mol. The van der Waals surface area contributed by atoms with Gasteiger partial charge in [-0.25, -0.2) is 0 Å². The van der Waals surface area contributed by atoms with Gasteiger partial charge in [-0.15, -0.1) is 5.73 Å². The van der Waals surface area contributed by atoms with E-state index in [1.54, 1.807) is 0 Å². The highest BCUT2D eigenvalue weighted by atomic mass is 13.9. The van der Waals surface area contributed by atoms with Crippen molar-refractivity contribution in [1.82, 2.24) is 0 Å². The second kappa shape index (κ2) is 6.66. The molecular weight excluding hydrogens is 192 g/mol. The van der Waals surface area contributed by atoms with Crippen molar-refractivity contribution in [2.75, 3.05) is 0 Å². The summed E-state index contributed by atoms with van der Waals surface area (Å²) in [6.07, 6.45) is 8.15. The van der Waals surface area contributed by atoms with E-state index in [0.29, 0.717) is 0 Å². The highest BCUT2D eigenvalue weighted by molar-refractivity contribution is 5.31. The van der Waals surface area contributed by atoms with E-state index < -0.39 is 0 Å². The average molecular weight is 210 g/mol. The lowest BCUT2D eigenvalue weighted by atomic mass is 10.2. The van der Waals surface area contributed by atoms with E-state index in [1.807, 2.05) is 37.3 Å². The average Bonchev–Trinajstić information content (AvgIpc) is 2.46. The van der Waals surface area contributed by atoms with Crippen LogP contribution in [0.2, 0.25) is 0 Å². The Kier molecular flexibility index (Phi) is 5.11. The summed E-state index contributed by atoms with van der Waals surface area (Å²) < 4.78 is 0. The van der Waals surface area contributed by atoms with Crippen LogP contribution in [0, 0.1) is 6.92 Å². The van der Waals surface area contributed by atoms with Crippen molar-refractivity contribution in [3.05, 3.63) is 77.1 Å². The summed E-state index contributed by atoms with van der Waals surface area (Å²) in [5.74, 6) is 0. The summed E-state index contributed by atoms with van der Waals surface area (Å²) in [6, 6.07) is 10.3. The van der Waals surface area contributed by atoms with Gasteiger partial charge in [-0.1, -0.05) is 59.7 Å². The van der Waals surface area contributed by atoms with E-state index in [0.717, 1.165) is 0 Å². The smallest absolute Gasteiger partial charge is 0.00913 e. The van der Waals surface area contributed by atoms with Crippen molar-refractivity contribution in [2.24, 2.45) is 0 Å². The van der Waals surface area contributed by atoms with E-state index >= 15 is 0 Å². The number of benzene rings is 1. The highest BCUT2D eigenvalue weighted by Gasteiger charge is 1.83. The largest absolute Gasteiger partial charge is 0.118 e. The van der Waals surface area contributed by atoms with Crippen molar-refractivity contribution >= 4 is 0 Å². The Morgan fingerprint density at radius 2 is 1.56 bits per heavy atom. The van der Waals surface area contributed by atoms with Gasteiger partial charge in [0.25, 0.3) is 0 Å². The highest BCUT2D eigenvalue weighted by Crippen LogP contribution is 2.03. The van der Waals surface area contributed by atoms with Crippen LogP contribution in [0.4, 0.5) is 0 Å². The number of hydrogen-bond donors (Lipinski definition) is 0. The minimum absolute atomic E-state index is 1.18. The van der Waals surface area contributed by atoms with Gasteiger partial charge >= 0.3 is 0 Å². The summed E-state index contributed by atoms with van der Waals surface area (Å²) in [6.45, 7) is 6.20. The third-order valence-corrected chi connectivity index (χ3v) is 2.19. The van der Waals surface area contributed by atoms with Gasteiger partial charge in [0, 0.05) is 0 Å². The summed E-state index contributed by atoms with van der Waals surface area (Å²) in [4.78, 5) is 0. The minimum Gasteiger partial charge on any atom is -0.118 e. The molecule has 1 aromatic carbocycles. The second-order valence-corrected chi connectivity index (χ2v) is 3.89. The van der Waals surface area contributed by atoms with Gasteiger partial charge in [0.2, 0.25) is 0 Å². The normalized spacial score (nSPS) is 13.2. The zero-order chi connectivity index (χ0) is 11.8. The van der Waals surface area contributed by atoms with Gasteiger partial charge in [0.05, 0.1) is 0 Å². The number of hydrogen-bond acceptors (Lipinski definition) is 0. The topological polar surface area (TPSA) is 0 Å². The molecule has 0 radical (unpaired) electrons. The molecule has 0 heterocycles. The Balaban J connectivity index is 0.000000165. The lowest BCUT2D eigenvalue weighted by Crippen LogP contribution is -1.63. The lowest BCUT2D eigenvalue weighted by molar-refractivity contribution is 1.48. The molecule has 0 amide bonds. The van der Waals surface area contributed by atoms with Gasteiger partial charge in [0.1, 0.15) is 0 Å². The van der Waals surface area contributed by atoms with Crippen molar-refractivity contribution < 1.29 is 0 Å². The molecular formula is C16H18. The monoisotopic (exact) mass is 210 g/mol. The summed E-state index contributed by atoms with van der Waals surface area (Å²) >= 11 is 0. The Morgan fingerprint density at radius 3 is 2.12 bits per heavy atom. The molecule has 16 heavy (non-hydrogen) atoms. The van der Waals surface area contributed by atoms with Gasteiger partial charge in [-0.05, 0) is 32.4 Å². The minimum atomic E-state index is 1.18. The molecule has 1 aliphatic rings. The zero-order valence-electron chi connectivity index (χ0n) is 10.2. The lowest BCUT2D eigenvalue weighted by Gasteiger charge is -1.83. The summed E-state index contributed by atoms with van der Waals surface area (Å²) in [5, 5.41) is 0. The van der Waals surface area contributed by atoms with E-state index in [1.165, 1.54) is 16.7 Å². The third-order valence-electron chi connectivity index (χ3n) is 2.19. The van der Waals surface area contributed by atoms with Crippen LogP contribution in [0.15, 0.2) is 71.5 Å². The first-order valence-corrected chi connectivity index (χ1v) is 5.48. The summed E-state index contributed by atoms with van der Waals surface area (Å²) in [5.41, 5.74) is 6.89.